The van der Waals surface area contributed by atoms with Crippen LogP contribution in [0.5, 0.6) is 5.88 Å². The summed E-state index contributed by atoms with van der Waals surface area (Å²) in [5, 5.41) is 15.9. The minimum Gasteiger partial charge on any atom is -0.481 e. The van der Waals surface area contributed by atoms with Gasteiger partial charge in [0.2, 0.25) is 5.88 Å². The molecule has 104 valence electrons. The summed E-state index contributed by atoms with van der Waals surface area (Å²) >= 11 is 6.19. The number of hydrogen-bond acceptors (Lipinski definition) is 5. The highest BCUT2D eigenvalue weighted by atomic mass is 35.5. The molecule has 6 heteroatoms. The minimum atomic E-state index is -0.453. The fraction of sp³-hybridized carbons (Fsp3) is 0.538. The number of piperidine rings is 1. The van der Waals surface area contributed by atoms with Gasteiger partial charge in [-0.15, -0.1) is 0 Å². The fourth-order valence-corrected chi connectivity index (χ4v) is 2.97. The van der Waals surface area contributed by atoms with E-state index in [9.17, 15) is 0 Å². The van der Waals surface area contributed by atoms with Gasteiger partial charge >= 0.3 is 0 Å². The zero-order valence-electron chi connectivity index (χ0n) is 11.1. The van der Waals surface area contributed by atoms with Crippen molar-refractivity contribution in [3.05, 3.63) is 23.4 Å². The highest BCUT2D eigenvalue weighted by molar-refractivity contribution is 6.67. The molecule has 2 heterocycles. The SMILES string of the molecule is COc1cc(C)c(C2(/C(Cl)=N/O)CCNCC2)cn1. The van der Waals surface area contributed by atoms with E-state index in [-0.39, 0.29) is 5.17 Å². The number of methoxy groups -OCH3 is 1. The molecular formula is C13H18ClN3O2. The number of nitrogens with one attached hydrogen (secondary N) is 1. The summed E-state index contributed by atoms with van der Waals surface area (Å²) in [5.41, 5.74) is 1.58. The van der Waals surface area contributed by atoms with E-state index < -0.39 is 5.41 Å². The van der Waals surface area contributed by atoms with Gasteiger partial charge in [-0.25, -0.2) is 4.98 Å². The molecule has 1 saturated heterocycles. The second kappa shape index (κ2) is 5.75. The Labute approximate surface area is 117 Å². The van der Waals surface area contributed by atoms with Crippen molar-refractivity contribution < 1.29 is 9.94 Å². The van der Waals surface area contributed by atoms with Gasteiger partial charge in [-0.05, 0) is 44.0 Å². The van der Waals surface area contributed by atoms with Crippen molar-refractivity contribution in [2.75, 3.05) is 20.2 Å². The molecule has 1 aromatic heterocycles. The molecule has 1 aliphatic rings. The number of aromatic nitrogens is 1. The van der Waals surface area contributed by atoms with Crippen molar-refractivity contribution >= 4 is 16.8 Å². The Bertz CT molecular complexity index is 485. The normalized spacial score (nSPS) is 19.2. The van der Waals surface area contributed by atoms with Crippen LogP contribution in [0.25, 0.3) is 0 Å². The Morgan fingerprint density at radius 2 is 2.21 bits per heavy atom. The summed E-state index contributed by atoms with van der Waals surface area (Å²) in [6, 6.07) is 1.88. The molecule has 0 aliphatic carbocycles. The van der Waals surface area contributed by atoms with Crippen LogP contribution in [-0.2, 0) is 5.41 Å². The molecule has 0 saturated carbocycles. The number of nitrogens with zero attached hydrogens (tertiary/aromatic N) is 2. The predicted molar refractivity (Wildman–Crippen MR) is 74.4 cm³/mol. The maximum absolute atomic E-state index is 9.10. The first-order valence-corrected chi connectivity index (χ1v) is 6.61. The first-order chi connectivity index (χ1) is 9.14. The fourth-order valence-electron chi connectivity index (χ4n) is 2.68. The second-order valence-electron chi connectivity index (χ2n) is 4.76. The highest BCUT2D eigenvalue weighted by Gasteiger charge is 2.40. The van der Waals surface area contributed by atoms with Gasteiger partial charge in [-0.3, -0.25) is 0 Å². The third-order valence-electron chi connectivity index (χ3n) is 3.75. The average Bonchev–Trinajstić information content (AvgIpc) is 2.46. The van der Waals surface area contributed by atoms with E-state index in [2.05, 4.69) is 15.5 Å². The molecular weight excluding hydrogens is 266 g/mol. The van der Waals surface area contributed by atoms with Crippen molar-refractivity contribution in [3.8, 4) is 5.88 Å². The van der Waals surface area contributed by atoms with Gasteiger partial charge in [0.25, 0.3) is 0 Å². The zero-order chi connectivity index (χ0) is 13.9. The Kier molecular flexibility index (Phi) is 4.27. The minimum absolute atomic E-state index is 0.226. The molecule has 0 spiro atoms. The van der Waals surface area contributed by atoms with Crippen LogP contribution in [-0.4, -0.2) is 35.6 Å². The smallest absolute Gasteiger partial charge is 0.213 e. The number of ether oxygens (including phenoxy) is 1. The molecule has 0 aromatic carbocycles. The van der Waals surface area contributed by atoms with Gasteiger partial charge in [0.1, 0.15) is 0 Å². The predicted octanol–water partition coefficient (Wildman–Crippen LogP) is 2.05. The molecule has 5 nitrogen and oxygen atoms in total. The Balaban J connectivity index is 2.49. The van der Waals surface area contributed by atoms with Gasteiger partial charge in [0, 0.05) is 12.3 Å². The van der Waals surface area contributed by atoms with Crippen molar-refractivity contribution in [1.82, 2.24) is 10.3 Å². The van der Waals surface area contributed by atoms with Crippen LogP contribution in [0.4, 0.5) is 0 Å². The molecule has 1 aromatic rings. The Morgan fingerprint density at radius 3 is 2.74 bits per heavy atom. The molecule has 2 N–H and O–H groups in total. The van der Waals surface area contributed by atoms with E-state index in [4.69, 9.17) is 21.5 Å². The molecule has 0 amide bonds. The second-order valence-corrected chi connectivity index (χ2v) is 5.12. The van der Waals surface area contributed by atoms with Crippen LogP contribution in [0.15, 0.2) is 17.4 Å². The lowest BCUT2D eigenvalue weighted by Crippen LogP contribution is -2.44. The summed E-state index contributed by atoms with van der Waals surface area (Å²) in [5.74, 6) is 0.572. The molecule has 19 heavy (non-hydrogen) atoms. The van der Waals surface area contributed by atoms with E-state index >= 15 is 0 Å². The van der Waals surface area contributed by atoms with Crippen molar-refractivity contribution in [2.24, 2.45) is 5.16 Å². The van der Waals surface area contributed by atoms with Gasteiger partial charge in [0.05, 0.1) is 12.5 Å². The summed E-state index contributed by atoms with van der Waals surface area (Å²) < 4.78 is 5.12. The van der Waals surface area contributed by atoms with Gasteiger partial charge in [-0.2, -0.15) is 0 Å². The maximum atomic E-state index is 9.10. The summed E-state index contributed by atoms with van der Waals surface area (Å²) in [6.45, 7) is 3.65. The summed E-state index contributed by atoms with van der Waals surface area (Å²) in [4.78, 5) is 4.26. The van der Waals surface area contributed by atoms with Crippen molar-refractivity contribution in [1.29, 1.82) is 0 Å². The molecule has 0 atom stereocenters. The van der Waals surface area contributed by atoms with E-state index in [1.807, 2.05) is 13.0 Å². The van der Waals surface area contributed by atoms with Gasteiger partial charge in [-0.1, -0.05) is 16.8 Å². The first-order valence-electron chi connectivity index (χ1n) is 6.24. The topological polar surface area (TPSA) is 66.7 Å². The quantitative estimate of drug-likeness (QED) is 0.506. The Hall–Kier alpha value is -1.33. The largest absolute Gasteiger partial charge is 0.481 e. The van der Waals surface area contributed by atoms with E-state index in [1.54, 1.807) is 13.3 Å². The number of aryl methyl sites for hydroxylation is 1. The molecule has 0 unspecified atom stereocenters. The molecule has 1 aliphatic heterocycles. The third-order valence-corrected chi connectivity index (χ3v) is 4.19. The lowest BCUT2D eigenvalue weighted by molar-refractivity contribution is 0.307. The molecule has 0 radical (unpaired) electrons. The number of halogens is 1. The van der Waals surface area contributed by atoms with Crippen LogP contribution in [0.2, 0.25) is 0 Å². The van der Waals surface area contributed by atoms with Crippen LogP contribution < -0.4 is 10.1 Å². The van der Waals surface area contributed by atoms with Crippen molar-refractivity contribution in [2.45, 2.75) is 25.2 Å². The first kappa shape index (κ1) is 14.1. The van der Waals surface area contributed by atoms with Crippen LogP contribution in [0, 0.1) is 6.92 Å². The monoisotopic (exact) mass is 283 g/mol. The van der Waals surface area contributed by atoms with Crippen LogP contribution in [0.1, 0.15) is 24.0 Å². The highest BCUT2D eigenvalue weighted by Crippen LogP contribution is 2.38. The number of hydrogen-bond donors (Lipinski definition) is 2. The van der Waals surface area contributed by atoms with Crippen LogP contribution in [0.3, 0.4) is 0 Å². The average molecular weight is 284 g/mol. The molecule has 2 rings (SSSR count). The van der Waals surface area contributed by atoms with E-state index in [0.29, 0.717) is 5.88 Å². The van der Waals surface area contributed by atoms with E-state index in [1.165, 1.54) is 0 Å². The van der Waals surface area contributed by atoms with Gasteiger partial charge < -0.3 is 15.3 Å². The lowest BCUT2D eigenvalue weighted by atomic mass is 9.73. The number of pyridine rings is 1. The summed E-state index contributed by atoms with van der Waals surface area (Å²) in [7, 11) is 1.59. The maximum Gasteiger partial charge on any atom is 0.213 e. The molecule has 1 fully saturated rings. The van der Waals surface area contributed by atoms with Crippen molar-refractivity contribution in [3.63, 3.8) is 0 Å². The van der Waals surface area contributed by atoms with Crippen LogP contribution >= 0.6 is 11.6 Å². The number of rotatable bonds is 3. The third kappa shape index (κ3) is 2.53. The van der Waals surface area contributed by atoms with Gasteiger partial charge in [0.15, 0.2) is 5.17 Å². The Morgan fingerprint density at radius 1 is 1.53 bits per heavy atom. The van der Waals surface area contributed by atoms with E-state index in [0.717, 1.165) is 37.1 Å². The molecule has 0 bridgehead atoms. The standard InChI is InChI=1S/C13H18ClN3O2/c1-9-7-11(19-2)16-8-10(9)13(12(14)17-18)3-5-15-6-4-13/h7-8,15,18H,3-6H2,1-2H3/b17-12-. The number of oxime groups is 1. The lowest BCUT2D eigenvalue weighted by Gasteiger charge is -2.37. The summed E-state index contributed by atoms with van der Waals surface area (Å²) in [6.07, 6.45) is 3.34. The zero-order valence-corrected chi connectivity index (χ0v) is 11.9.